The topological polar surface area (TPSA) is 109 Å². The molecule has 5 rings (SSSR count). The minimum atomic E-state index is -4.71. The highest BCUT2D eigenvalue weighted by Crippen LogP contribution is 2.35. The Morgan fingerprint density at radius 3 is 2.67 bits per heavy atom. The number of aryl methyl sites for hydroxylation is 1. The molecule has 2 aromatic carbocycles. The highest BCUT2D eigenvalue weighted by molar-refractivity contribution is 5.83. The minimum absolute atomic E-state index is 0.107. The molecule has 2 atom stereocenters. The predicted molar refractivity (Wildman–Crippen MR) is 152 cm³/mol. The van der Waals surface area contributed by atoms with Crippen molar-refractivity contribution in [1.82, 2.24) is 15.0 Å². The van der Waals surface area contributed by atoms with E-state index in [2.05, 4.69) is 25.6 Å². The molecule has 0 saturated carbocycles. The number of aliphatic hydroxyl groups excluding tert-OH is 1. The molecule has 0 radical (unpaired) electrons. The number of esters is 1. The number of aliphatic hydroxyl groups is 1. The van der Waals surface area contributed by atoms with Crippen LogP contribution in [-0.2, 0) is 35.0 Å². The number of fused-ring (bicyclic) bond motifs is 1. The molecule has 0 bridgehead atoms. The Balaban J connectivity index is 1.50. The quantitative estimate of drug-likeness (QED) is 0.216. The normalized spacial score (nSPS) is 15.4. The molecule has 0 fully saturated rings. The second kappa shape index (κ2) is 12.6. The van der Waals surface area contributed by atoms with Crippen LogP contribution in [0.1, 0.15) is 35.7 Å². The number of hydrogen-bond donors (Lipinski definition) is 3. The summed E-state index contributed by atoms with van der Waals surface area (Å²) >= 11 is 0. The first-order valence-corrected chi connectivity index (χ1v) is 13.6. The van der Waals surface area contributed by atoms with E-state index in [1.807, 2.05) is 48.5 Å². The molecule has 11 heteroatoms. The van der Waals surface area contributed by atoms with Crippen molar-refractivity contribution < 1.29 is 27.8 Å². The lowest BCUT2D eigenvalue weighted by Gasteiger charge is -2.23. The van der Waals surface area contributed by atoms with Gasteiger partial charge in [0.25, 0.3) is 0 Å². The molecule has 218 valence electrons. The molecule has 0 amide bonds. The van der Waals surface area contributed by atoms with Gasteiger partial charge in [-0.1, -0.05) is 42.5 Å². The van der Waals surface area contributed by atoms with Gasteiger partial charge >= 0.3 is 12.1 Å². The fourth-order valence-corrected chi connectivity index (χ4v) is 4.98. The van der Waals surface area contributed by atoms with Crippen molar-refractivity contribution in [3.63, 3.8) is 0 Å². The highest BCUT2D eigenvalue weighted by Gasteiger charge is 2.34. The summed E-state index contributed by atoms with van der Waals surface area (Å²) in [6.07, 6.45) is -1.71. The van der Waals surface area contributed by atoms with Gasteiger partial charge in [0.2, 0.25) is 0 Å². The van der Waals surface area contributed by atoms with Crippen LogP contribution in [0.4, 0.5) is 30.5 Å². The Morgan fingerprint density at radius 1 is 1.10 bits per heavy atom. The summed E-state index contributed by atoms with van der Waals surface area (Å²) in [6, 6.07) is 17.7. The van der Waals surface area contributed by atoms with E-state index in [1.165, 1.54) is 12.4 Å². The number of nitrogens with zero attached hydrogens (tertiary/aromatic N) is 3. The lowest BCUT2D eigenvalue weighted by atomic mass is 9.88. The van der Waals surface area contributed by atoms with Gasteiger partial charge in [-0.25, -0.2) is 19.7 Å². The van der Waals surface area contributed by atoms with Gasteiger partial charge < -0.3 is 20.5 Å². The first-order chi connectivity index (χ1) is 20.2. The summed E-state index contributed by atoms with van der Waals surface area (Å²) in [5, 5.41) is 16.4. The van der Waals surface area contributed by atoms with Gasteiger partial charge in [0.1, 0.15) is 29.7 Å². The monoisotopic (exact) mass is 577 g/mol. The third-order valence-electron chi connectivity index (χ3n) is 7.02. The SMILES string of the molecule is CCOC(=O)[C@H](Cc1ccccc1)Nc1nc(C(F)(F)F)ccc1-c1cc(Nc2cccc3c2C[C@@H](O)CC3)ncn1. The number of halogens is 3. The molecule has 42 heavy (non-hydrogen) atoms. The van der Waals surface area contributed by atoms with Crippen LogP contribution in [0.15, 0.2) is 73.1 Å². The first-order valence-electron chi connectivity index (χ1n) is 13.6. The van der Waals surface area contributed by atoms with E-state index >= 15 is 0 Å². The van der Waals surface area contributed by atoms with Gasteiger partial charge in [-0.2, -0.15) is 13.2 Å². The summed E-state index contributed by atoms with van der Waals surface area (Å²) in [4.78, 5) is 25.4. The van der Waals surface area contributed by atoms with Crippen LogP contribution in [0.2, 0.25) is 0 Å². The molecule has 0 aliphatic heterocycles. The number of carbonyl (C=O) groups is 1. The van der Waals surface area contributed by atoms with Gasteiger partial charge in [0, 0.05) is 30.2 Å². The highest BCUT2D eigenvalue weighted by atomic mass is 19.4. The number of rotatable bonds is 9. The van der Waals surface area contributed by atoms with Crippen LogP contribution in [-0.4, -0.2) is 44.8 Å². The van der Waals surface area contributed by atoms with E-state index < -0.39 is 30.0 Å². The van der Waals surface area contributed by atoms with Crippen molar-refractivity contribution in [3.8, 4) is 11.3 Å². The van der Waals surface area contributed by atoms with E-state index in [1.54, 1.807) is 13.0 Å². The molecule has 2 heterocycles. The summed E-state index contributed by atoms with van der Waals surface area (Å²) in [7, 11) is 0. The van der Waals surface area contributed by atoms with Crippen molar-refractivity contribution in [1.29, 1.82) is 0 Å². The van der Waals surface area contributed by atoms with E-state index in [0.29, 0.717) is 24.4 Å². The van der Waals surface area contributed by atoms with Crippen molar-refractivity contribution in [3.05, 3.63) is 95.4 Å². The first kappa shape index (κ1) is 29.0. The number of hydrogen-bond acceptors (Lipinski definition) is 8. The molecule has 8 nitrogen and oxygen atoms in total. The summed E-state index contributed by atoms with van der Waals surface area (Å²) in [5.41, 5.74) is 3.14. The standard InChI is InChI=1S/C31H30F3N5O3/c1-2-42-30(41)26(15-19-7-4-3-5-8-19)38-29-22(13-14-27(39-29)31(32,33)34)25-17-28(36-18-35-25)37-24-10-6-9-20-11-12-21(40)16-23(20)24/h3-10,13-14,17-18,21,26,40H,2,11-12,15-16H2,1H3,(H,38,39)(H,35,36,37)/t21-,26-/m0/s1. The fourth-order valence-electron chi connectivity index (χ4n) is 4.98. The Kier molecular flexibility index (Phi) is 8.67. The number of benzene rings is 2. The van der Waals surface area contributed by atoms with Crippen LogP contribution in [0.25, 0.3) is 11.3 Å². The average Bonchev–Trinajstić information content (AvgIpc) is 2.97. The molecule has 2 aromatic heterocycles. The van der Waals surface area contributed by atoms with E-state index in [0.717, 1.165) is 34.9 Å². The lowest BCUT2D eigenvalue weighted by Crippen LogP contribution is -2.34. The third kappa shape index (κ3) is 6.85. The Labute approximate surface area is 241 Å². The Hall–Kier alpha value is -4.51. The Morgan fingerprint density at radius 2 is 1.90 bits per heavy atom. The van der Waals surface area contributed by atoms with Crippen molar-refractivity contribution in [2.45, 2.75) is 50.9 Å². The van der Waals surface area contributed by atoms with E-state index in [-0.39, 0.29) is 24.4 Å². The molecular formula is C31H30F3N5O3. The number of nitrogens with one attached hydrogen (secondary N) is 2. The van der Waals surface area contributed by atoms with Crippen LogP contribution >= 0.6 is 0 Å². The zero-order valence-electron chi connectivity index (χ0n) is 22.9. The number of ether oxygens (including phenoxy) is 1. The Bertz CT molecular complexity index is 1550. The maximum atomic E-state index is 13.7. The van der Waals surface area contributed by atoms with Crippen molar-refractivity contribution >= 4 is 23.3 Å². The third-order valence-corrected chi connectivity index (χ3v) is 7.02. The predicted octanol–water partition coefficient (Wildman–Crippen LogP) is 5.74. The van der Waals surface area contributed by atoms with Gasteiger partial charge in [-0.15, -0.1) is 0 Å². The average molecular weight is 578 g/mol. The van der Waals surface area contributed by atoms with Crippen LogP contribution in [0.5, 0.6) is 0 Å². The number of alkyl halides is 3. The maximum absolute atomic E-state index is 13.7. The van der Waals surface area contributed by atoms with Gasteiger partial charge in [-0.3, -0.25) is 0 Å². The number of carbonyl (C=O) groups excluding carboxylic acids is 1. The second-order valence-corrected chi connectivity index (χ2v) is 9.98. The molecule has 3 N–H and O–H groups in total. The largest absolute Gasteiger partial charge is 0.464 e. The van der Waals surface area contributed by atoms with Crippen molar-refractivity contribution in [2.24, 2.45) is 0 Å². The fraction of sp³-hybridized carbons (Fsp3) is 0.290. The van der Waals surface area contributed by atoms with Crippen LogP contribution in [0, 0.1) is 0 Å². The molecule has 1 aliphatic rings. The number of aromatic nitrogens is 3. The summed E-state index contributed by atoms with van der Waals surface area (Å²) in [6.45, 7) is 1.77. The van der Waals surface area contributed by atoms with E-state index in [9.17, 15) is 23.1 Å². The summed E-state index contributed by atoms with van der Waals surface area (Å²) < 4.78 is 46.3. The summed E-state index contributed by atoms with van der Waals surface area (Å²) in [5.74, 6) is -0.373. The van der Waals surface area contributed by atoms with Gasteiger partial charge in [-0.05, 0) is 54.7 Å². The smallest absolute Gasteiger partial charge is 0.433 e. The van der Waals surface area contributed by atoms with Crippen LogP contribution < -0.4 is 10.6 Å². The molecular weight excluding hydrogens is 547 g/mol. The number of pyridine rings is 1. The van der Waals surface area contributed by atoms with Gasteiger partial charge in [0.15, 0.2) is 0 Å². The lowest BCUT2D eigenvalue weighted by molar-refractivity contribution is -0.144. The molecule has 4 aromatic rings. The second-order valence-electron chi connectivity index (χ2n) is 9.98. The zero-order chi connectivity index (χ0) is 29.7. The van der Waals surface area contributed by atoms with Crippen LogP contribution in [0.3, 0.4) is 0 Å². The van der Waals surface area contributed by atoms with E-state index in [4.69, 9.17) is 4.74 Å². The molecule has 1 aliphatic carbocycles. The minimum Gasteiger partial charge on any atom is -0.464 e. The van der Waals surface area contributed by atoms with Crippen molar-refractivity contribution in [2.75, 3.05) is 17.2 Å². The molecule has 0 unspecified atom stereocenters. The zero-order valence-corrected chi connectivity index (χ0v) is 22.9. The maximum Gasteiger partial charge on any atom is 0.433 e. The number of anilines is 3. The van der Waals surface area contributed by atoms with Gasteiger partial charge in [0.05, 0.1) is 18.4 Å². The molecule has 0 spiro atoms. The molecule has 0 saturated heterocycles.